The van der Waals surface area contributed by atoms with Crippen molar-refractivity contribution < 1.29 is 4.79 Å². The van der Waals surface area contributed by atoms with Crippen LogP contribution in [0.4, 0.5) is 0 Å². The van der Waals surface area contributed by atoms with Crippen molar-refractivity contribution in [2.45, 2.75) is 6.42 Å². The highest BCUT2D eigenvalue weighted by molar-refractivity contribution is 6.34. The third-order valence-corrected chi connectivity index (χ3v) is 3.11. The maximum atomic E-state index is 11.9. The third-order valence-electron chi connectivity index (χ3n) is 2.61. The Balaban J connectivity index is 1.93. The van der Waals surface area contributed by atoms with E-state index >= 15 is 0 Å². The first kappa shape index (κ1) is 13.8. The summed E-state index contributed by atoms with van der Waals surface area (Å²) in [6.45, 7) is 0.475. The van der Waals surface area contributed by atoms with Crippen LogP contribution in [0.2, 0.25) is 10.3 Å². The SMILES string of the molecule is Cn1ccnc1CCNC(=O)c1ccc(Cl)nc1Cl. The van der Waals surface area contributed by atoms with Gasteiger partial charge in [-0.2, -0.15) is 0 Å². The van der Waals surface area contributed by atoms with Gasteiger partial charge in [0.05, 0.1) is 5.56 Å². The Kier molecular flexibility index (Phi) is 4.39. The number of aromatic nitrogens is 3. The second kappa shape index (κ2) is 6.04. The van der Waals surface area contributed by atoms with Crippen molar-refractivity contribution in [3.05, 3.63) is 46.2 Å². The minimum absolute atomic E-state index is 0.0991. The highest BCUT2D eigenvalue weighted by Gasteiger charge is 2.11. The Morgan fingerprint density at radius 3 is 2.84 bits per heavy atom. The van der Waals surface area contributed by atoms with E-state index in [0.29, 0.717) is 18.5 Å². The van der Waals surface area contributed by atoms with E-state index in [9.17, 15) is 4.79 Å². The van der Waals surface area contributed by atoms with Gasteiger partial charge in [0.2, 0.25) is 0 Å². The maximum Gasteiger partial charge on any atom is 0.254 e. The summed E-state index contributed by atoms with van der Waals surface area (Å²) in [6, 6.07) is 3.08. The Hall–Kier alpha value is -1.59. The van der Waals surface area contributed by atoms with Gasteiger partial charge in [0.15, 0.2) is 0 Å². The van der Waals surface area contributed by atoms with Crippen LogP contribution < -0.4 is 5.32 Å². The number of amides is 1. The second-order valence-corrected chi connectivity index (χ2v) is 4.68. The monoisotopic (exact) mass is 298 g/mol. The molecule has 0 unspecified atom stereocenters. The van der Waals surface area contributed by atoms with Crippen LogP contribution in [0.25, 0.3) is 0 Å². The molecule has 0 saturated carbocycles. The summed E-state index contributed by atoms with van der Waals surface area (Å²) in [5.41, 5.74) is 0.311. The average molecular weight is 299 g/mol. The summed E-state index contributed by atoms with van der Waals surface area (Å²) < 4.78 is 1.91. The molecule has 2 heterocycles. The van der Waals surface area contributed by atoms with Crippen LogP contribution in [0.1, 0.15) is 16.2 Å². The number of pyridine rings is 1. The van der Waals surface area contributed by atoms with Gasteiger partial charge in [0.25, 0.3) is 5.91 Å². The summed E-state index contributed by atoms with van der Waals surface area (Å²) in [4.78, 5) is 19.9. The lowest BCUT2D eigenvalue weighted by Crippen LogP contribution is -2.26. The highest BCUT2D eigenvalue weighted by Crippen LogP contribution is 2.16. The van der Waals surface area contributed by atoms with Crippen molar-refractivity contribution in [3.63, 3.8) is 0 Å². The molecule has 2 aromatic rings. The minimum Gasteiger partial charge on any atom is -0.351 e. The lowest BCUT2D eigenvalue weighted by Gasteiger charge is -2.06. The molecule has 0 atom stereocenters. The van der Waals surface area contributed by atoms with Crippen molar-refractivity contribution in [2.75, 3.05) is 6.54 Å². The van der Waals surface area contributed by atoms with Crippen LogP contribution >= 0.6 is 23.2 Å². The molecule has 0 radical (unpaired) electrons. The van der Waals surface area contributed by atoms with E-state index in [1.54, 1.807) is 12.3 Å². The molecule has 7 heteroatoms. The zero-order valence-electron chi connectivity index (χ0n) is 10.2. The number of nitrogens with one attached hydrogen (secondary N) is 1. The molecule has 0 aromatic carbocycles. The van der Waals surface area contributed by atoms with Gasteiger partial charge in [-0.3, -0.25) is 4.79 Å². The summed E-state index contributed by atoms with van der Waals surface area (Å²) in [7, 11) is 1.91. The van der Waals surface area contributed by atoms with E-state index in [1.807, 2.05) is 17.8 Å². The molecule has 0 spiro atoms. The maximum absolute atomic E-state index is 11.9. The van der Waals surface area contributed by atoms with Crippen LogP contribution in [0.15, 0.2) is 24.5 Å². The minimum atomic E-state index is -0.275. The third kappa shape index (κ3) is 3.45. The molecule has 2 rings (SSSR count). The highest BCUT2D eigenvalue weighted by atomic mass is 35.5. The van der Waals surface area contributed by atoms with Crippen molar-refractivity contribution in [1.82, 2.24) is 19.9 Å². The second-order valence-electron chi connectivity index (χ2n) is 3.93. The van der Waals surface area contributed by atoms with Crippen LogP contribution in [-0.2, 0) is 13.5 Å². The van der Waals surface area contributed by atoms with E-state index in [0.717, 1.165) is 5.82 Å². The van der Waals surface area contributed by atoms with Crippen LogP contribution in [-0.4, -0.2) is 27.0 Å². The zero-order valence-corrected chi connectivity index (χ0v) is 11.7. The van der Waals surface area contributed by atoms with E-state index in [-0.39, 0.29) is 16.2 Å². The van der Waals surface area contributed by atoms with Crippen molar-refractivity contribution in [2.24, 2.45) is 7.05 Å². The molecule has 0 aliphatic carbocycles. The largest absolute Gasteiger partial charge is 0.351 e. The number of hydrogen-bond donors (Lipinski definition) is 1. The van der Waals surface area contributed by atoms with E-state index in [1.165, 1.54) is 6.07 Å². The molecule has 0 bridgehead atoms. The Morgan fingerprint density at radius 1 is 1.42 bits per heavy atom. The van der Waals surface area contributed by atoms with Gasteiger partial charge in [-0.15, -0.1) is 0 Å². The van der Waals surface area contributed by atoms with Gasteiger partial charge in [0.1, 0.15) is 16.1 Å². The first-order valence-corrected chi connectivity index (χ1v) is 6.40. The van der Waals surface area contributed by atoms with Crippen molar-refractivity contribution in [3.8, 4) is 0 Å². The standard InChI is InChI=1S/C12H12Cl2N4O/c1-18-7-6-15-10(18)4-5-16-12(19)8-2-3-9(13)17-11(8)14/h2-3,6-7H,4-5H2,1H3,(H,16,19). The van der Waals surface area contributed by atoms with Gasteiger partial charge in [-0.05, 0) is 12.1 Å². The molecule has 0 fully saturated rings. The number of hydrogen-bond acceptors (Lipinski definition) is 3. The molecule has 0 aliphatic rings. The Bertz CT molecular complexity index is 597. The molecule has 19 heavy (non-hydrogen) atoms. The van der Waals surface area contributed by atoms with Crippen molar-refractivity contribution >= 4 is 29.1 Å². The molecule has 0 saturated heterocycles. The van der Waals surface area contributed by atoms with Crippen LogP contribution in [0.5, 0.6) is 0 Å². The molecule has 2 aromatic heterocycles. The summed E-state index contributed by atoms with van der Waals surface area (Å²) >= 11 is 11.5. The fourth-order valence-corrected chi connectivity index (χ4v) is 2.03. The van der Waals surface area contributed by atoms with E-state index in [4.69, 9.17) is 23.2 Å². The van der Waals surface area contributed by atoms with Gasteiger partial charge < -0.3 is 9.88 Å². The fraction of sp³-hybridized carbons (Fsp3) is 0.250. The number of carbonyl (C=O) groups is 1. The number of carbonyl (C=O) groups excluding carboxylic acids is 1. The number of nitrogens with zero attached hydrogens (tertiary/aromatic N) is 3. The fourth-order valence-electron chi connectivity index (χ4n) is 1.60. The van der Waals surface area contributed by atoms with Crippen LogP contribution in [0, 0.1) is 0 Å². The van der Waals surface area contributed by atoms with E-state index < -0.39 is 0 Å². The summed E-state index contributed by atoms with van der Waals surface area (Å²) in [6.07, 6.45) is 4.22. The normalized spacial score (nSPS) is 10.5. The lowest BCUT2D eigenvalue weighted by atomic mass is 10.2. The zero-order chi connectivity index (χ0) is 13.8. The molecule has 5 nitrogen and oxygen atoms in total. The Morgan fingerprint density at radius 2 is 2.21 bits per heavy atom. The van der Waals surface area contributed by atoms with Crippen molar-refractivity contribution in [1.29, 1.82) is 0 Å². The topological polar surface area (TPSA) is 59.8 Å². The Labute approximate surface area is 120 Å². The first-order chi connectivity index (χ1) is 9.08. The number of halogens is 2. The molecule has 100 valence electrons. The average Bonchev–Trinajstić information content (AvgIpc) is 2.75. The molecule has 0 aliphatic heterocycles. The first-order valence-electron chi connectivity index (χ1n) is 5.64. The van der Waals surface area contributed by atoms with Gasteiger partial charge in [0, 0.05) is 32.4 Å². The number of rotatable bonds is 4. The van der Waals surface area contributed by atoms with Gasteiger partial charge in [-0.1, -0.05) is 23.2 Å². The van der Waals surface area contributed by atoms with Gasteiger partial charge in [-0.25, -0.2) is 9.97 Å². The molecule has 1 N–H and O–H groups in total. The smallest absolute Gasteiger partial charge is 0.254 e. The van der Waals surface area contributed by atoms with E-state index in [2.05, 4.69) is 15.3 Å². The predicted octanol–water partition coefficient (Wildman–Crippen LogP) is 2.09. The number of aryl methyl sites for hydroxylation is 1. The summed E-state index contributed by atoms with van der Waals surface area (Å²) in [5, 5.41) is 3.12. The quantitative estimate of drug-likeness (QED) is 0.879. The van der Waals surface area contributed by atoms with Gasteiger partial charge >= 0.3 is 0 Å². The molecule has 1 amide bonds. The van der Waals surface area contributed by atoms with Crippen LogP contribution in [0.3, 0.4) is 0 Å². The summed E-state index contributed by atoms with van der Waals surface area (Å²) in [5.74, 6) is 0.629. The predicted molar refractivity (Wildman–Crippen MR) is 73.5 cm³/mol. The number of imidazole rings is 1. The molecular weight excluding hydrogens is 287 g/mol. The molecular formula is C12H12Cl2N4O. The lowest BCUT2D eigenvalue weighted by molar-refractivity contribution is 0.0953.